The third-order valence-electron chi connectivity index (χ3n) is 1.77. The molecule has 0 saturated heterocycles. The molecule has 0 atom stereocenters. The van der Waals surface area contributed by atoms with Crippen LogP contribution in [0.15, 0.2) is 26.9 Å². The second-order valence-corrected chi connectivity index (χ2v) is 5.28. The predicted octanol–water partition coefficient (Wildman–Crippen LogP) is 2.57. The Morgan fingerprint density at radius 2 is 2.29 bits per heavy atom. The van der Waals surface area contributed by atoms with Gasteiger partial charge in [0.25, 0.3) is 5.56 Å². The molecule has 0 bridgehead atoms. The Balaban J connectivity index is 2.57. The van der Waals surface area contributed by atoms with Crippen LogP contribution in [0.5, 0.6) is 0 Å². The first-order chi connectivity index (χ1) is 6.66. The van der Waals surface area contributed by atoms with E-state index < -0.39 is 0 Å². The fraction of sp³-hybridized carbons (Fsp3) is 0.111. The highest BCUT2D eigenvalue weighted by atomic mass is 79.9. The van der Waals surface area contributed by atoms with Gasteiger partial charge in [-0.2, -0.15) is 0 Å². The number of aromatic nitrogens is 2. The molecule has 72 valence electrons. The topological polar surface area (TPSA) is 45.8 Å². The van der Waals surface area contributed by atoms with E-state index in [1.807, 2.05) is 12.1 Å². The Kier molecular flexibility index (Phi) is 2.52. The van der Waals surface area contributed by atoms with Crippen molar-refractivity contribution in [1.29, 1.82) is 0 Å². The molecular formula is C9H7BrN2OS. The summed E-state index contributed by atoms with van der Waals surface area (Å²) >= 11 is 4.87. The Bertz CT molecular complexity index is 518. The maximum atomic E-state index is 11.5. The minimum Gasteiger partial charge on any atom is -0.310 e. The first-order valence-corrected chi connectivity index (χ1v) is 5.59. The second-order valence-electron chi connectivity index (χ2n) is 2.82. The van der Waals surface area contributed by atoms with Crippen molar-refractivity contribution < 1.29 is 0 Å². The fourth-order valence-corrected chi connectivity index (χ4v) is 2.51. The van der Waals surface area contributed by atoms with Gasteiger partial charge in [0, 0.05) is 11.1 Å². The zero-order chi connectivity index (χ0) is 10.1. The van der Waals surface area contributed by atoms with Crippen LogP contribution in [0.25, 0.3) is 10.4 Å². The van der Waals surface area contributed by atoms with Gasteiger partial charge in [-0.25, -0.2) is 4.98 Å². The molecule has 0 aliphatic heterocycles. The summed E-state index contributed by atoms with van der Waals surface area (Å²) in [6.45, 7) is 1.76. The minimum atomic E-state index is -0.0909. The molecule has 2 aromatic rings. The Morgan fingerprint density at radius 1 is 1.50 bits per heavy atom. The molecule has 0 aliphatic carbocycles. The largest absolute Gasteiger partial charge is 0.310 e. The number of aryl methyl sites for hydroxylation is 1. The van der Waals surface area contributed by atoms with Gasteiger partial charge in [0.1, 0.15) is 5.82 Å². The summed E-state index contributed by atoms with van der Waals surface area (Å²) in [5, 5.41) is 0. The summed E-state index contributed by atoms with van der Waals surface area (Å²) < 4.78 is 1.01. The third-order valence-corrected chi connectivity index (χ3v) is 3.42. The van der Waals surface area contributed by atoms with Crippen LogP contribution in [0.4, 0.5) is 0 Å². The summed E-state index contributed by atoms with van der Waals surface area (Å²) in [6, 6.07) is 3.82. The number of nitrogens with one attached hydrogen (secondary N) is 1. The Hall–Kier alpha value is -0.940. The van der Waals surface area contributed by atoms with E-state index in [0.717, 1.165) is 8.66 Å². The van der Waals surface area contributed by atoms with Crippen LogP contribution in [0.1, 0.15) is 5.82 Å². The highest BCUT2D eigenvalue weighted by Gasteiger charge is 2.06. The molecule has 2 heterocycles. The van der Waals surface area contributed by atoms with Crippen LogP contribution in [0.3, 0.4) is 0 Å². The zero-order valence-corrected chi connectivity index (χ0v) is 9.78. The van der Waals surface area contributed by atoms with E-state index in [4.69, 9.17) is 0 Å². The van der Waals surface area contributed by atoms with E-state index >= 15 is 0 Å². The molecule has 1 N–H and O–H groups in total. The average molecular weight is 271 g/mol. The maximum Gasteiger partial charge on any atom is 0.259 e. The zero-order valence-electron chi connectivity index (χ0n) is 7.37. The molecule has 2 aromatic heterocycles. The number of H-pyrrole nitrogens is 1. The van der Waals surface area contributed by atoms with Crippen molar-refractivity contribution in [1.82, 2.24) is 9.97 Å². The van der Waals surface area contributed by atoms with E-state index in [1.54, 1.807) is 13.1 Å². The normalized spacial score (nSPS) is 10.4. The number of hydrogen-bond acceptors (Lipinski definition) is 3. The van der Waals surface area contributed by atoms with Crippen molar-refractivity contribution in [3.63, 3.8) is 0 Å². The summed E-state index contributed by atoms with van der Waals surface area (Å²) in [6.07, 6.45) is 1.60. The highest BCUT2D eigenvalue weighted by molar-refractivity contribution is 9.11. The van der Waals surface area contributed by atoms with Gasteiger partial charge in [0.15, 0.2) is 0 Å². The van der Waals surface area contributed by atoms with Crippen LogP contribution in [-0.4, -0.2) is 9.97 Å². The van der Waals surface area contributed by atoms with Crippen LogP contribution >= 0.6 is 27.3 Å². The number of aromatic amines is 1. The molecule has 3 nitrogen and oxygen atoms in total. The fourth-order valence-electron chi connectivity index (χ4n) is 1.12. The van der Waals surface area contributed by atoms with Gasteiger partial charge in [-0.05, 0) is 35.0 Å². The molecule has 5 heteroatoms. The lowest BCUT2D eigenvalue weighted by Crippen LogP contribution is -2.10. The van der Waals surface area contributed by atoms with Crippen LogP contribution in [-0.2, 0) is 0 Å². The van der Waals surface area contributed by atoms with Gasteiger partial charge in [-0.3, -0.25) is 4.79 Å². The molecule has 2 rings (SSSR count). The molecule has 0 aromatic carbocycles. The summed E-state index contributed by atoms with van der Waals surface area (Å²) in [7, 11) is 0. The second kappa shape index (κ2) is 3.67. The predicted molar refractivity (Wildman–Crippen MR) is 60.6 cm³/mol. The first kappa shape index (κ1) is 9.61. The lowest BCUT2D eigenvalue weighted by molar-refractivity contribution is 1.02. The number of hydrogen-bond donors (Lipinski definition) is 1. The van der Waals surface area contributed by atoms with Crippen molar-refractivity contribution in [3.05, 3.63) is 38.3 Å². The van der Waals surface area contributed by atoms with Gasteiger partial charge in [0.05, 0.1) is 9.35 Å². The number of nitrogens with zero attached hydrogens (tertiary/aromatic N) is 1. The molecule has 0 saturated carbocycles. The standard InChI is InChI=1S/C9H7BrN2OS/c1-5-11-4-6(9(13)12-5)7-2-3-8(10)14-7/h2-4H,1H3,(H,11,12,13). The van der Waals surface area contributed by atoms with Crippen LogP contribution in [0, 0.1) is 6.92 Å². The van der Waals surface area contributed by atoms with Gasteiger partial charge >= 0.3 is 0 Å². The maximum absolute atomic E-state index is 11.5. The number of thiophene rings is 1. The van der Waals surface area contributed by atoms with Crippen molar-refractivity contribution in [2.24, 2.45) is 0 Å². The molecule has 0 unspecified atom stereocenters. The van der Waals surface area contributed by atoms with Gasteiger partial charge < -0.3 is 4.98 Å². The number of rotatable bonds is 1. The monoisotopic (exact) mass is 270 g/mol. The third kappa shape index (κ3) is 1.78. The van der Waals surface area contributed by atoms with Gasteiger partial charge in [-0.15, -0.1) is 11.3 Å². The quantitative estimate of drug-likeness (QED) is 0.866. The number of halogens is 1. The van der Waals surface area contributed by atoms with Crippen molar-refractivity contribution in [3.8, 4) is 10.4 Å². The molecule has 14 heavy (non-hydrogen) atoms. The van der Waals surface area contributed by atoms with E-state index in [2.05, 4.69) is 25.9 Å². The lowest BCUT2D eigenvalue weighted by Gasteiger charge is -1.95. The van der Waals surface area contributed by atoms with Gasteiger partial charge in [0.2, 0.25) is 0 Å². The van der Waals surface area contributed by atoms with Crippen LogP contribution in [0.2, 0.25) is 0 Å². The summed E-state index contributed by atoms with van der Waals surface area (Å²) in [5.74, 6) is 0.634. The highest BCUT2D eigenvalue weighted by Crippen LogP contribution is 2.28. The summed E-state index contributed by atoms with van der Waals surface area (Å²) in [5.41, 5.74) is 0.526. The average Bonchev–Trinajstić information content (AvgIpc) is 2.51. The first-order valence-electron chi connectivity index (χ1n) is 3.98. The van der Waals surface area contributed by atoms with E-state index in [0.29, 0.717) is 11.4 Å². The molecule has 0 aliphatic rings. The van der Waals surface area contributed by atoms with Crippen molar-refractivity contribution in [2.75, 3.05) is 0 Å². The summed E-state index contributed by atoms with van der Waals surface area (Å²) in [4.78, 5) is 19.2. The molecule has 0 spiro atoms. The molecule has 0 radical (unpaired) electrons. The van der Waals surface area contributed by atoms with Gasteiger partial charge in [-0.1, -0.05) is 0 Å². The van der Waals surface area contributed by atoms with E-state index in [-0.39, 0.29) is 5.56 Å². The molecular weight excluding hydrogens is 264 g/mol. The SMILES string of the molecule is Cc1ncc(-c2ccc(Br)s2)c(=O)[nH]1. The Morgan fingerprint density at radius 3 is 2.86 bits per heavy atom. The van der Waals surface area contributed by atoms with E-state index in [9.17, 15) is 4.79 Å². The van der Waals surface area contributed by atoms with Crippen molar-refractivity contribution >= 4 is 27.3 Å². The van der Waals surface area contributed by atoms with Crippen LogP contribution < -0.4 is 5.56 Å². The lowest BCUT2D eigenvalue weighted by atomic mass is 10.3. The minimum absolute atomic E-state index is 0.0909. The van der Waals surface area contributed by atoms with Crippen molar-refractivity contribution in [2.45, 2.75) is 6.92 Å². The van der Waals surface area contributed by atoms with E-state index in [1.165, 1.54) is 11.3 Å². The molecule has 0 amide bonds. The Labute approximate surface area is 93.0 Å². The molecule has 0 fully saturated rings. The smallest absolute Gasteiger partial charge is 0.259 e.